The first kappa shape index (κ1) is 4.64. The molecule has 0 bridgehead atoms. The Morgan fingerprint density at radius 1 is 1.88 bits per heavy atom. The number of fused-ring (bicyclic) bond motifs is 1. The van der Waals surface area contributed by atoms with Crippen molar-refractivity contribution in [1.29, 1.82) is 0 Å². The summed E-state index contributed by atoms with van der Waals surface area (Å²) in [5.41, 5.74) is 0. The molecule has 0 aromatic heterocycles. The second-order valence-corrected chi connectivity index (χ2v) is 3.02. The van der Waals surface area contributed by atoms with Gasteiger partial charge >= 0.3 is 0 Å². The first-order valence-electron chi connectivity index (χ1n) is 2.59. The molecule has 2 unspecified atom stereocenters. The minimum absolute atomic E-state index is 0.170. The van der Waals surface area contributed by atoms with Crippen molar-refractivity contribution in [2.75, 3.05) is 13.1 Å². The van der Waals surface area contributed by atoms with Crippen LogP contribution in [0.1, 0.15) is 0 Å². The SMILES string of the molecule is O=C1NCCN2SC12. The molecule has 1 N–H and O–H groups in total. The number of nitrogens with one attached hydrogen (secondary N) is 1. The van der Waals surface area contributed by atoms with Gasteiger partial charge < -0.3 is 5.32 Å². The molecule has 1 amide bonds. The Morgan fingerprint density at radius 2 is 2.75 bits per heavy atom. The van der Waals surface area contributed by atoms with Gasteiger partial charge in [-0.1, -0.05) is 0 Å². The van der Waals surface area contributed by atoms with E-state index < -0.39 is 0 Å². The van der Waals surface area contributed by atoms with Crippen molar-refractivity contribution in [2.45, 2.75) is 5.37 Å². The van der Waals surface area contributed by atoms with Gasteiger partial charge in [-0.05, 0) is 11.9 Å². The maximum Gasteiger partial charge on any atom is 0.249 e. The maximum absolute atomic E-state index is 10.7. The smallest absolute Gasteiger partial charge is 0.249 e. The number of carbonyl (C=O) groups is 1. The molecule has 2 rings (SSSR count). The molecule has 2 aliphatic rings. The summed E-state index contributed by atoms with van der Waals surface area (Å²) >= 11 is 1.63. The molecule has 8 heavy (non-hydrogen) atoms. The second-order valence-electron chi connectivity index (χ2n) is 1.89. The molecular weight excluding hydrogens is 124 g/mol. The maximum atomic E-state index is 10.7. The number of piperazine rings is 1. The predicted molar refractivity (Wildman–Crippen MR) is 31.1 cm³/mol. The van der Waals surface area contributed by atoms with Crippen LogP contribution in [0.3, 0.4) is 0 Å². The van der Waals surface area contributed by atoms with Crippen LogP contribution in [-0.4, -0.2) is 28.7 Å². The summed E-state index contributed by atoms with van der Waals surface area (Å²) in [6.07, 6.45) is 0. The number of nitrogens with zero attached hydrogens (tertiary/aromatic N) is 1. The molecule has 2 aliphatic heterocycles. The van der Waals surface area contributed by atoms with Crippen LogP contribution < -0.4 is 5.32 Å². The molecule has 4 heteroatoms. The highest BCUT2D eigenvalue weighted by molar-refractivity contribution is 8.04. The van der Waals surface area contributed by atoms with Crippen molar-refractivity contribution in [2.24, 2.45) is 0 Å². The second kappa shape index (κ2) is 1.39. The van der Waals surface area contributed by atoms with Gasteiger partial charge in [0.1, 0.15) is 0 Å². The molecule has 3 nitrogen and oxygen atoms in total. The van der Waals surface area contributed by atoms with Crippen LogP contribution in [-0.2, 0) is 4.79 Å². The molecule has 0 aromatic carbocycles. The summed E-state index contributed by atoms with van der Waals surface area (Å²) in [6, 6.07) is 0. The predicted octanol–water partition coefficient (Wildman–Crippen LogP) is -0.594. The van der Waals surface area contributed by atoms with Crippen molar-refractivity contribution >= 4 is 17.9 Å². The van der Waals surface area contributed by atoms with Crippen LogP contribution in [0.5, 0.6) is 0 Å². The Kier molecular flexibility index (Phi) is 0.804. The summed E-state index contributed by atoms with van der Waals surface area (Å²) in [5.74, 6) is 0.182. The minimum atomic E-state index is 0.170. The van der Waals surface area contributed by atoms with E-state index in [2.05, 4.69) is 9.62 Å². The highest BCUT2D eigenvalue weighted by Crippen LogP contribution is 2.39. The van der Waals surface area contributed by atoms with Gasteiger partial charge in [0.05, 0.1) is 0 Å². The summed E-state index contributed by atoms with van der Waals surface area (Å²) in [4.78, 5) is 10.7. The standard InChI is InChI=1S/C4H6N2OS/c7-3-4-6(8-4)2-1-5-3/h4H,1-2H2,(H,5,7). The molecule has 2 fully saturated rings. The number of hydrogen-bond donors (Lipinski definition) is 1. The van der Waals surface area contributed by atoms with Gasteiger partial charge in [-0.2, -0.15) is 0 Å². The van der Waals surface area contributed by atoms with Crippen LogP contribution in [0.15, 0.2) is 0 Å². The topological polar surface area (TPSA) is 32.1 Å². The quantitative estimate of drug-likeness (QED) is 0.351. The van der Waals surface area contributed by atoms with Crippen molar-refractivity contribution in [3.05, 3.63) is 0 Å². The van der Waals surface area contributed by atoms with E-state index in [1.165, 1.54) is 0 Å². The van der Waals surface area contributed by atoms with Crippen LogP contribution in [0.2, 0.25) is 0 Å². The van der Waals surface area contributed by atoms with Gasteiger partial charge in [0.2, 0.25) is 5.91 Å². The highest BCUT2D eigenvalue weighted by Gasteiger charge is 2.44. The van der Waals surface area contributed by atoms with E-state index in [1.54, 1.807) is 11.9 Å². The molecule has 2 heterocycles. The van der Waals surface area contributed by atoms with Gasteiger partial charge in [0.25, 0.3) is 0 Å². The lowest BCUT2D eigenvalue weighted by Gasteiger charge is -2.08. The first-order valence-corrected chi connectivity index (χ1v) is 3.43. The average molecular weight is 130 g/mol. The van der Waals surface area contributed by atoms with Crippen LogP contribution in [0, 0.1) is 0 Å². The zero-order valence-electron chi connectivity index (χ0n) is 4.26. The fraction of sp³-hybridized carbons (Fsp3) is 0.750. The van der Waals surface area contributed by atoms with E-state index in [4.69, 9.17) is 0 Å². The van der Waals surface area contributed by atoms with Gasteiger partial charge in [-0.15, -0.1) is 0 Å². The van der Waals surface area contributed by atoms with Crippen LogP contribution in [0.25, 0.3) is 0 Å². The summed E-state index contributed by atoms with van der Waals surface area (Å²) in [7, 11) is 0. The summed E-state index contributed by atoms with van der Waals surface area (Å²) in [6.45, 7) is 1.84. The van der Waals surface area contributed by atoms with Gasteiger partial charge in [0, 0.05) is 13.1 Å². The van der Waals surface area contributed by atoms with Crippen molar-refractivity contribution in [3.8, 4) is 0 Å². The van der Waals surface area contributed by atoms with Gasteiger partial charge in [-0.25, -0.2) is 4.31 Å². The van der Waals surface area contributed by atoms with E-state index in [0.29, 0.717) is 0 Å². The average Bonchev–Trinajstić information content (AvgIpc) is 2.45. The molecule has 0 aliphatic carbocycles. The first-order chi connectivity index (χ1) is 3.88. The zero-order valence-corrected chi connectivity index (χ0v) is 5.07. The normalized spacial score (nSPS) is 42.8. The van der Waals surface area contributed by atoms with E-state index in [9.17, 15) is 4.79 Å². The molecule has 0 aromatic rings. The lowest BCUT2D eigenvalue weighted by molar-refractivity contribution is -0.122. The van der Waals surface area contributed by atoms with Crippen LogP contribution in [0.4, 0.5) is 0 Å². The Morgan fingerprint density at radius 3 is 3.38 bits per heavy atom. The zero-order chi connectivity index (χ0) is 5.56. The summed E-state index contributed by atoms with van der Waals surface area (Å²) < 4.78 is 2.08. The Bertz CT molecular complexity index is 138. The van der Waals surface area contributed by atoms with Crippen LogP contribution >= 0.6 is 11.9 Å². The minimum Gasteiger partial charge on any atom is -0.353 e. The van der Waals surface area contributed by atoms with E-state index >= 15 is 0 Å². The van der Waals surface area contributed by atoms with Crippen molar-refractivity contribution < 1.29 is 4.79 Å². The largest absolute Gasteiger partial charge is 0.353 e. The summed E-state index contributed by atoms with van der Waals surface area (Å²) in [5, 5.41) is 2.94. The molecule has 44 valence electrons. The monoisotopic (exact) mass is 130 g/mol. The van der Waals surface area contributed by atoms with E-state index in [0.717, 1.165) is 13.1 Å². The van der Waals surface area contributed by atoms with Crippen molar-refractivity contribution in [1.82, 2.24) is 9.62 Å². The van der Waals surface area contributed by atoms with E-state index in [-0.39, 0.29) is 11.3 Å². The fourth-order valence-electron chi connectivity index (χ4n) is 0.826. The molecule has 2 atom stereocenters. The third-order valence-electron chi connectivity index (χ3n) is 1.31. The Hall–Kier alpha value is -0.220. The third kappa shape index (κ3) is 0.530. The lowest BCUT2D eigenvalue weighted by Crippen LogP contribution is -2.38. The number of amides is 1. The van der Waals surface area contributed by atoms with Gasteiger partial charge in [0.15, 0.2) is 5.37 Å². The molecule has 0 spiro atoms. The molecule has 0 saturated carbocycles. The molecule has 0 radical (unpaired) electrons. The van der Waals surface area contributed by atoms with E-state index in [1.807, 2.05) is 0 Å². The third-order valence-corrected chi connectivity index (χ3v) is 2.42. The Labute approximate surface area is 51.6 Å². The Balaban J connectivity index is 2.08. The molecular formula is C4H6N2OS. The number of rotatable bonds is 0. The number of hydrogen-bond acceptors (Lipinski definition) is 3. The number of carbonyl (C=O) groups excluding carboxylic acids is 1. The van der Waals surface area contributed by atoms with Crippen molar-refractivity contribution in [3.63, 3.8) is 0 Å². The molecule has 2 saturated heterocycles. The highest BCUT2D eigenvalue weighted by atomic mass is 32.2. The lowest BCUT2D eigenvalue weighted by atomic mass is 10.4. The van der Waals surface area contributed by atoms with Gasteiger partial charge in [-0.3, -0.25) is 4.79 Å². The fourth-order valence-corrected chi connectivity index (χ4v) is 1.61.